The molecule has 3 atom stereocenters. The topological polar surface area (TPSA) is 72.9 Å². The summed E-state index contributed by atoms with van der Waals surface area (Å²) in [6.07, 6.45) is 6.24. The molecule has 2 fully saturated rings. The highest BCUT2D eigenvalue weighted by molar-refractivity contribution is 7.85. The Kier molecular flexibility index (Phi) is 8.93. The summed E-state index contributed by atoms with van der Waals surface area (Å²) in [5.74, 6) is 2.65. The van der Waals surface area contributed by atoms with Crippen molar-refractivity contribution in [3.05, 3.63) is 23.9 Å². The highest BCUT2D eigenvalue weighted by Gasteiger charge is 2.26. The molecule has 0 amide bonds. The third-order valence-electron chi connectivity index (χ3n) is 6.02. The van der Waals surface area contributed by atoms with E-state index in [2.05, 4.69) is 51.5 Å². The fraction of sp³-hybridized carbons (Fsp3) is 0.727. The third-order valence-corrected chi connectivity index (χ3v) is 7.76. The van der Waals surface area contributed by atoms with Gasteiger partial charge in [0.1, 0.15) is 5.82 Å². The standard InChI is InChI=1S/C22H38N6OS/c1-4-23-22(26-19-7-6-8-20(15-19)30(29)5-2)25-17-18-9-10-21(24-16-18)28-13-11-27(3)12-14-28/h9-10,16,19-20H,4-8,11-15,17H2,1-3H3,(H2,23,25,26). The summed E-state index contributed by atoms with van der Waals surface area (Å²) in [7, 11) is 1.46. The SMILES string of the molecule is CCNC(=NCc1ccc(N2CCN(C)CC2)nc1)NC1CCCC(S(=O)CC)C1. The Balaban J connectivity index is 1.55. The number of nitrogens with zero attached hydrogens (tertiary/aromatic N) is 4. The van der Waals surface area contributed by atoms with Gasteiger partial charge < -0.3 is 20.4 Å². The number of likely N-dealkylation sites (N-methyl/N-ethyl adjacent to an activating group) is 1. The number of aromatic nitrogens is 1. The second-order valence-corrected chi connectivity index (χ2v) is 10.3. The molecular weight excluding hydrogens is 396 g/mol. The molecule has 8 heteroatoms. The summed E-state index contributed by atoms with van der Waals surface area (Å²) in [6.45, 7) is 9.74. The minimum Gasteiger partial charge on any atom is -0.357 e. The van der Waals surface area contributed by atoms with E-state index in [1.54, 1.807) is 0 Å². The number of hydrogen-bond acceptors (Lipinski definition) is 5. The molecule has 0 bridgehead atoms. The Morgan fingerprint density at radius 2 is 2.03 bits per heavy atom. The largest absolute Gasteiger partial charge is 0.357 e. The number of anilines is 1. The van der Waals surface area contributed by atoms with Crippen molar-refractivity contribution in [1.29, 1.82) is 0 Å². The van der Waals surface area contributed by atoms with Crippen molar-refractivity contribution in [2.24, 2.45) is 4.99 Å². The van der Waals surface area contributed by atoms with Crippen molar-refractivity contribution in [3.8, 4) is 0 Å². The molecule has 2 aliphatic rings. The second kappa shape index (κ2) is 11.6. The molecule has 1 aliphatic carbocycles. The normalized spacial score (nSPS) is 24.5. The molecule has 1 aromatic rings. The van der Waals surface area contributed by atoms with Crippen LogP contribution in [0.15, 0.2) is 23.3 Å². The van der Waals surface area contributed by atoms with Gasteiger partial charge in [0.15, 0.2) is 5.96 Å². The van der Waals surface area contributed by atoms with Crippen molar-refractivity contribution in [2.45, 2.75) is 57.4 Å². The zero-order valence-corrected chi connectivity index (χ0v) is 19.6. The van der Waals surface area contributed by atoms with Crippen LogP contribution in [0.3, 0.4) is 0 Å². The monoisotopic (exact) mass is 434 g/mol. The summed E-state index contributed by atoms with van der Waals surface area (Å²) < 4.78 is 12.2. The number of hydrogen-bond donors (Lipinski definition) is 2. The molecule has 0 aromatic carbocycles. The predicted octanol–water partition coefficient (Wildman–Crippen LogP) is 1.97. The molecule has 3 unspecified atom stereocenters. The van der Waals surface area contributed by atoms with Gasteiger partial charge in [0.2, 0.25) is 0 Å². The van der Waals surface area contributed by atoms with Crippen molar-refractivity contribution in [2.75, 3.05) is 50.4 Å². The average Bonchev–Trinajstić information content (AvgIpc) is 2.78. The number of aliphatic imine (C=N–C) groups is 1. The lowest BCUT2D eigenvalue weighted by molar-refractivity contribution is 0.312. The quantitative estimate of drug-likeness (QED) is 0.505. The minimum absolute atomic E-state index is 0.315. The number of pyridine rings is 1. The smallest absolute Gasteiger partial charge is 0.191 e. The van der Waals surface area contributed by atoms with E-state index < -0.39 is 10.8 Å². The van der Waals surface area contributed by atoms with Crippen LogP contribution in [0.5, 0.6) is 0 Å². The van der Waals surface area contributed by atoms with Crippen molar-refractivity contribution >= 4 is 22.6 Å². The first-order chi connectivity index (χ1) is 14.6. The Bertz CT molecular complexity index is 702. The summed E-state index contributed by atoms with van der Waals surface area (Å²) in [4.78, 5) is 14.1. The van der Waals surface area contributed by atoms with Crippen molar-refractivity contribution in [1.82, 2.24) is 20.5 Å². The Labute approximate surface area is 184 Å². The molecule has 2 heterocycles. The molecule has 0 radical (unpaired) electrons. The fourth-order valence-electron chi connectivity index (χ4n) is 4.17. The maximum absolute atomic E-state index is 12.2. The summed E-state index contributed by atoms with van der Waals surface area (Å²) >= 11 is 0. The Hall–Kier alpha value is -1.67. The Morgan fingerprint density at radius 3 is 2.70 bits per heavy atom. The first-order valence-electron chi connectivity index (χ1n) is 11.4. The van der Waals surface area contributed by atoms with Gasteiger partial charge in [0, 0.05) is 66.8 Å². The maximum atomic E-state index is 12.2. The summed E-state index contributed by atoms with van der Waals surface area (Å²) in [5, 5.41) is 7.24. The van der Waals surface area contributed by atoms with Crippen LogP contribution >= 0.6 is 0 Å². The molecule has 1 saturated heterocycles. The fourth-order valence-corrected chi connectivity index (χ4v) is 5.51. The van der Waals surface area contributed by atoms with E-state index in [-0.39, 0.29) is 0 Å². The number of rotatable bonds is 7. The average molecular weight is 435 g/mol. The highest BCUT2D eigenvalue weighted by Crippen LogP contribution is 2.23. The van der Waals surface area contributed by atoms with Gasteiger partial charge in [0.25, 0.3) is 0 Å². The van der Waals surface area contributed by atoms with E-state index in [1.165, 1.54) is 0 Å². The molecule has 30 heavy (non-hydrogen) atoms. The molecule has 7 nitrogen and oxygen atoms in total. The van der Waals surface area contributed by atoms with Gasteiger partial charge in [-0.05, 0) is 44.9 Å². The number of nitrogens with one attached hydrogen (secondary N) is 2. The lowest BCUT2D eigenvalue weighted by Crippen LogP contribution is -2.46. The van der Waals surface area contributed by atoms with Crippen LogP contribution in [0.1, 0.15) is 45.1 Å². The Morgan fingerprint density at radius 1 is 1.23 bits per heavy atom. The lowest BCUT2D eigenvalue weighted by atomic mass is 9.95. The molecule has 2 N–H and O–H groups in total. The summed E-state index contributed by atoms with van der Waals surface area (Å²) in [6, 6.07) is 4.59. The van der Waals surface area contributed by atoms with Gasteiger partial charge in [-0.25, -0.2) is 9.98 Å². The van der Waals surface area contributed by atoms with Gasteiger partial charge in [-0.3, -0.25) is 4.21 Å². The van der Waals surface area contributed by atoms with Crippen molar-refractivity contribution < 1.29 is 4.21 Å². The van der Waals surface area contributed by atoms with Crippen LogP contribution in [0.2, 0.25) is 0 Å². The molecule has 1 aromatic heterocycles. The van der Waals surface area contributed by atoms with Crippen LogP contribution < -0.4 is 15.5 Å². The zero-order chi connectivity index (χ0) is 21.3. The van der Waals surface area contributed by atoms with E-state index in [0.717, 1.165) is 81.5 Å². The minimum atomic E-state index is -0.708. The van der Waals surface area contributed by atoms with E-state index >= 15 is 0 Å². The van der Waals surface area contributed by atoms with Gasteiger partial charge in [-0.2, -0.15) is 0 Å². The van der Waals surface area contributed by atoms with E-state index in [4.69, 9.17) is 4.99 Å². The molecule has 3 rings (SSSR count). The molecule has 0 spiro atoms. The van der Waals surface area contributed by atoms with Gasteiger partial charge in [0.05, 0.1) is 6.54 Å². The van der Waals surface area contributed by atoms with Crippen LogP contribution in [-0.4, -0.2) is 76.9 Å². The number of piperazine rings is 1. The molecule has 1 saturated carbocycles. The predicted molar refractivity (Wildman–Crippen MR) is 127 cm³/mol. The molecule has 168 valence electrons. The maximum Gasteiger partial charge on any atom is 0.191 e. The van der Waals surface area contributed by atoms with Gasteiger partial charge in [-0.15, -0.1) is 0 Å². The van der Waals surface area contributed by atoms with Gasteiger partial charge in [-0.1, -0.05) is 19.4 Å². The number of guanidine groups is 1. The van der Waals surface area contributed by atoms with E-state index in [1.807, 2.05) is 13.1 Å². The van der Waals surface area contributed by atoms with Crippen LogP contribution in [0, 0.1) is 0 Å². The van der Waals surface area contributed by atoms with E-state index in [9.17, 15) is 4.21 Å². The highest BCUT2D eigenvalue weighted by atomic mass is 32.2. The first kappa shape index (κ1) is 23.0. The van der Waals surface area contributed by atoms with Crippen LogP contribution in [0.4, 0.5) is 5.82 Å². The van der Waals surface area contributed by atoms with E-state index in [0.29, 0.717) is 17.8 Å². The summed E-state index contributed by atoms with van der Waals surface area (Å²) in [5.41, 5.74) is 1.11. The van der Waals surface area contributed by atoms with Crippen molar-refractivity contribution in [3.63, 3.8) is 0 Å². The lowest BCUT2D eigenvalue weighted by Gasteiger charge is -2.33. The third kappa shape index (κ3) is 6.67. The van der Waals surface area contributed by atoms with Gasteiger partial charge >= 0.3 is 0 Å². The van der Waals surface area contributed by atoms with Crippen LogP contribution in [0.25, 0.3) is 0 Å². The van der Waals surface area contributed by atoms with Crippen LogP contribution in [-0.2, 0) is 17.3 Å². The first-order valence-corrected chi connectivity index (χ1v) is 12.8. The zero-order valence-electron chi connectivity index (χ0n) is 18.8. The molecule has 1 aliphatic heterocycles. The molecular formula is C22H38N6OS. The second-order valence-electron chi connectivity index (χ2n) is 8.31.